The average Bonchev–Trinajstić information content (AvgIpc) is 3.19. The monoisotopic (exact) mass is 333 g/mol. The molecule has 0 unspecified atom stereocenters. The fraction of sp³-hybridized carbons (Fsp3) is 0.471. The molecule has 2 heterocycles. The fourth-order valence-electron chi connectivity index (χ4n) is 4.89. The molecular weight excluding hydrogens is 317 g/mol. The summed E-state index contributed by atoms with van der Waals surface area (Å²) in [7, 11) is 0. The van der Waals surface area contributed by atoms with Gasteiger partial charge in [0.15, 0.2) is 0 Å². The minimum Gasteiger partial charge on any atom is -0.307 e. The second kappa shape index (κ2) is 4.71. The van der Waals surface area contributed by atoms with Crippen LogP contribution in [0.4, 0.5) is 4.39 Å². The molecule has 1 aromatic carbocycles. The summed E-state index contributed by atoms with van der Waals surface area (Å²) in [5, 5.41) is 1.68. The third-order valence-electron chi connectivity index (χ3n) is 5.69. The van der Waals surface area contributed by atoms with Crippen molar-refractivity contribution < 1.29 is 4.39 Å². The Morgan fingerprint density at radius 1 is 1.14 bits per heavy atom. The van der Waals surface area contributed by atoms with Crippen LogP contribution in [0.2, 0.25) is 0 Å². The Morgan fingerprint density at radius 3 is 2.73 bits per heavy atom. The molecule has 2 nitrogen and oxygen atoms in total. The summed E-state index contributed by atoms with van der Waals surface area (Å²) in [5.41, 5.74) is 1.17. The lowest BCUT2D eigenvalue weighted by Gasteiger charge is -2.40. The van der Waals surface area contributed by atoms with Crippen molar-refractivity contribution in [3.05, 3.63) is 50.2 Å². The first-order valence-electron chi connectivity index (χ1n) is 7.86. The number of fused-ring (bicyclic) bond motifs is 6. The molecule has 1 aromatic heterocycles. The highest BCUT2D eigenvalue weighted by atomic mass is 32.2. The van der Waals surface area contributed by atoms with E-state index in [0.717, 1.165) is 16.9 Å². The van der Waals surface area contributed by atoms with Crippen LogP contribution in [-0.4, -0.2) is 10.2 Å². The Bertz CT molecular complexity index is 781. The van der Waals surface area contributed by atoms with Crippen molar-refractivity contribution >= 4 is 23.1 Å². The van der Waals surface area contributed by atoms with Crippen LogP contribution < -0.4 is 4.87 Å². The number of halogens is 1. The number of hydrogen-bond acceptors (Lipinski definition) is 3. The summed E-state index contributed by atoms with van der Waals surface area (Å²) < 4.78 is 13.3. The molecule has 5 atom stereocenters. The Balaban J connectivity index is 1.68. The zero-order chi connectivity index (χ0) is 14.8. The van der Waals surface area contributed by atoms with Gasteiger partial charge in [0.05, 0.1) is 5.03 Å². The van der Waals surface area contributed by atoms with Gasteiger partial charge in [0.25, 0.3) is 0 Å². The van der Waals surface area contributed by atoms with Gasteiger partial charge in [-0.15, -0.1) is 11.8 Å². The van der Waals surface area contributed by atoms with Crippen molar-refractivity contribution in [1.82, 2.24) is 4.98 Å². The van der Waals surface area contributed by atoms with Crippen LogP contribution in [0.5, 0.6) is 0 Å². The van der Waals surface area contributed by atoms with Gasteiger partial charge in [0, 0.05) is 16.0 Å². The fourth-order valence-corrected chi connectivity index (χ4v) is 7.79. The lowest BCUT2D eigenvalue weighted by molar-refractivity contribution is 0.307. The summed E-state index contributed by atoms with van der Waals surface area (Å²) >= 11 is 3.24. The first-order valence-corrected chi connectivity index (χ1v) is 9.55. The van der Waals surface area contributed by atoms with E-state index in [-0.39, 0.29) is 16.6 Å². The molecule has 0 radical (unpaired) electrons. The molecule has 2 bridgehead atoms. The third-order valence-corrected chi connectivity index (χ3v) is 8.32. The van der Waals surface area contributed by atoms with E-state index >= 15 is 0 Å². The Kier molecular flexibility index (Phi) is 2.87. The minimum absolute atomic E-state index is 0.0388. The quantitative estimate of drug-likeness (QED) is 0.847. The van der Waals surface area contributed by atoms with Crippen molar-refractivity contribution in [2.75, 3.05) is 0 Å². The molecule has 22 heavy (non-hydrogen) atoms. The third kappa shape index (κ3) is 1.81. The number of nitrogens with one attached hydrogen (secondary N) is 1. The smallest absolute Gasteiger partial charge is 0.305 e. The number of aromatic amines is 1. The number of thiazole rings is 1. The van der Waals surface area contributed by atoms with E-state index in [2.05, 4.69) is 4.98 Å². The van der Waals surface area contributed by atoms with E-state index < -0.39 is 0 Å². The predicted octanol–water partition coefficient (Wildman–Crippen LogP) is 4.23. The van der Waals surface area contributed by atoms with Crippen LogP contribution in [0.25, 0.3) is 0 Å². The van der Waals surface area contributed by atoms with Gasteiger partial charge in [-0.25, -0.2) is 4.39 Å². The normalized spacial score (nSPS) is 35.4. The highest BCUT2D eigenvalue weighted by molar-refractivity contribution is 8.00. The summed E-state index contributed by atoms with van der Waals surface area (Å²) in [4.78, 5) is 16.1. The SMILES string of the molecule is O=c1[nH]c2c(s1)[C@@H](c1ccc(F)cc1)[C@H]1[C@@H]3CC[C@H](C3)[C@H]1S2. The first kappa shape index (κ1) is 13.4. The van der Waals surface area contributed by atoms with Gasteiger partial charge in [-0.3, -0.25) is 4.79 Å². The van der Waals surface area contributed by atoms with Gasteiger partial charge < -0.3 is 4.98 Å². The summed E-state index contributed by atoms with van der Waals surface area (Å²) in [5.74, 6) is 2.23. The molecule has 0 saturated heterocycles. The second-order valence-electron chi connectivity index (χ2n) is 6.73. The van der Waals surface area contributed by atoms with Crippen molar-refractivity contribution in [3.63, 3.8) is 0 Å². The molecule has 1 aliphatic heterocycles. The van der Waals surface area contributed by atoms with E-state index in [9.17, 15) is 9.18 Å². The molecule has 5 heteroatoms. The van der Waals surface area contributed by atoms with E-state index in [1.54, 1.807) is 12.1 Å². The second-order valence-corrected chi connectivity index (χ2v) is 8.93. The molecule has 2 saturated carbocycles. The van der Waals surface area contributed by atoms with Crippen LogP contribution in [0, 0.1) is 23.6 Å². The summed E-state index contributed by atoms with van der Waals surface area (Å²) in [6.45, 7) is 0. The molecule has 2 aromatic rings. The number of thioether (sulfide) groups is 1. The summed E-state index contributed by atoms with van der Waals surface area (Å²) in [6.07, 6.45) is 3.98. The minimum atomic E-state index is -0.194. The molecule has 0 amide bonds. The highest BCUT2D eigenvalue weighted by Crippen LogP contribution is 2.63. The molecule has 2 fully saturated rings. The Hall–Kier alpha value is -1.07. The zero-order valence-corrected chi connectivity index (χ0v) is 13.6. The molecule has 2 aliphatic carbocycles. The number of rotatable bonds is 1. The lowest BCUT2D eigenvalue weighted by atomic mass is 9.75. The van der Waals surface area contributed by atoms with Crippen molar-refractivity contribution in [1.29, 1.82) is 0 Å². The van der Waals surface area contributed by atoms with Gasteiger partial charge in [0.1, 0.15) is 5.82 Å². The number of hydrogen-bond donors (Lipinski definition) is 1. The van der Waals surface area contributed by atoms with E-state index in [1.807, 2.05) is 23.9 Å². The predicted molar refractivity (Wildman–Crippen MR) is 87.1 cm³/mol. The number of aromatic nitrogens is 1. The van der Waals surface area contributed by atoms with Gasteiger partial charge in [-0.1, -0.05) is 23.5 Å². The summed E-state index contributed by atoms with van der Waals surface area (Å²) in [6, 6.07) is 6.92. The van der Waals surface area contributed by atoms with Crippen LogP contribution in [0.15, 0.2) is 34.1 Å². The maximum absolute atomic E-state index is 13.3. The molecule has 114 valence electrons. The first-order chi connectivity index (χ1) is 10.7. The van der Waals surface area contributed by atoms with E-state index in [4.69, 9.17) is 0 Å². The molecule has 5 rings (SSSR count). The number of benzene rings is 1. The average molecular weight is 333 g/mol. The Labute approximate surface area is 136 Å². The van der Waals surface area contributed by atoms with Gasteiger partial charge in [-0.2, -0.15) is 0 Å². The Morgan fingerprint density at radius 2 is 1.91 bits per heavy atom. The largest absolute Gasteiger partial charge is 0.307 e. The molecule has 3 aliphatic rings. The number of H-pyrrole nitrogens is 1. The standard InChI is InChI=1S/C17H16FNOS2/c18-11-5-3-8(4-6-11)12-13-9-1-2-10(7-9)14(13)21-16-15(12)22-17(20)19-16/h3-6,9-10,12-14H,1-2,7H2,(H,19,20)/t9-,10-,12+,13-,14-/m1/s1. The highest BCUT2D eigenvalue weighted by Gasteiger charge is 2.54. The van der Waals surface area contributed by atoms with Crippen molar-refractivity contribution in [3.8, 4) is 0 Å². The van der Waals surface area contributed by atoms with Gasteiger partial charge in [-0.05, 0) is 54.7 Å². The van der Waals surface area contributed by atoms with Crippen LogP contribution in [0.1, 0.15) is 35.6 Å². The van der Waals surface area contributed by atoms with Gasteiger partial charge in [0.2, 0.25) is 0 Å². The molecule has 1 N–H and O–H groups in total. The van der Waals surface area contributed by atoms with Crippen molar-refractivity contribution in [2.45, 2.75) is 35.5 Å². The van der Waals surface area contributed by atoms with Crippen LogP contribution in [-0.2, 0) is 0 Å². The zero-order valence-electron chi connectivity index (χ0n) is 11.9. The van der Waals surface area contributed by atoms with Crippen LogP contribution >= 0.6 is 23.1 Å². The van der Waals surface area contributed by atoms with E-state index in [0.29, 0.717) is 11.2 Å². The van der Waals surface area contributed by atoms with Crippen LogP contribution in [0.3, 0.4) is 0 Å². The molecule has 0 spiro atoms. The maximum atomic E-state index is 13.3. The molecular formula is C17H16FNOS2. The lowest BCUT2D eigenvalue weighted by Crippen LogP contribution is -2.33. The van der Waals surface area contributed by atoms with E-state index in [1.165, 1.54) is 41.0 Å². The maximum Gasteiger partial charge on any atom is 0.305 e. The van der Waals surface area contributed by atoms with Crippen molar-refractivity contribution in [2.24, 2.45) is 17.8 Å². The topological polar surface area (TPSA) is 32.9 Å². The van der Waals surface area contributed by atoms with Gasteiger partial charge >= 0.3 is 4.87 Å².